The van der Waals surface area contributed by atoms with Crippen molar-refractivity contribution in [2.75, 3.05) is 5.73 Å². The number of anilines is 1. The molecule has 0 unspecified atom stereocenters. The largest absolute Gasteiger partial charge is 0.399 e. The fourth-order valence-corrected chi connectivity index (χ4v) is 2.89. The molecule has 2 N–H and O–H groups in total. The summed E-state index contributed by atoms with van der Waals surface area (Å²) in [6.45, 7) is 0. The Labute approximate surface area is 107 Å². The van der Waals surface area contributed by atoms with Gasteiger partial charge in [0.15, 0.2) is 0 Å². The standard InChI is InChI=1S/C12H9N3S2/c13-9-3-1-2-8(4-9)12-15-11(6-17-12)10-5-16-7-14-10/h1-7H,13H2. The highest BCUT2D eigenvalue weighted by molar-refractivity contribution is 7.13. The van der Waals surface area contributed by atoms with Crippen LogP contribution in [0, 0.1) is 0 Å². The predicted octanol–water partition coefficient (Wildman–Crippen LogP) is 3.52. The quantitative estimate of drug-likeness (QED) is 0.716. The highest BCUT2D eigenvalue weighted by atomic mass is 32.1. The van der Waals surface area contributed by atoms with E-state index in [4.69, 9.17) is 5.73 Å². The van der Waals surface area contributed by atoms with E-state index in [2.05, 4.69) is 9.97 Å². The Hall–Kier alpha value is -1.72. The summed E-state index contributed by atoms with van der Waals surface area (Å²) in [4.78, 5) is 8.82. The van der Waals surface area contributed by atoms with Crippen molar-refractivity contribution in [2.45, 2.75) is 0 Å². The molecule has 3 aromatic rings. The fourth-order valence-electron chi connectivity index (χ4n) is 1.53. The number of aromatic nitrogens is 2. The van der Waals surface area contributed by atoms with Gasteiger partial charge in [-0.25, -0.2) is 9.97 Å². The third kappa shape index (κ3) is 2.07. The van der Waals surface area contributed by atoms with E-state index in [9.17, 15) is 0 Å². The second-order valence-electron chi connectivity index (χ2n) is 3.54. The Morgan fingerprint density at radius 2 is 2.06 bits per heavy atom. The lowest BCUT2D eigenvalue weighted by Gasteiger charge is -1.97. The van der Waals surface area contributed by atoms with Gasteiger partial charge >= 0.3 is 0 Å². The summed E-state index contributed by atoms with van der Waals surface area (Å²) < 4.78 is 0. The van der Waals surface area contributed by atoms with Crippen molar-refractivity contribution >= 4 is 28.4 Å². The van der Waals surface area contributed by atoms with Crippen LogP contribution in [0.5, 0.6) is 0 Å². The van der Waals surface area contributed by atoms with Gasteiger partial charge in [0.2, 0.25) is 0 Å². The average Bonchev–Trinajstić information content (AvgIpc) is 3.00. The number of thiazole rings is 2. The van der Waals surface area contributed by atoms with Crippen LogP contribution in [0.1, 0.15) is 0 Å². The van der Waals surface area contributed by atoms with Crippen LogP contribution in [0.3, 0.4) is 0 Å². The summed E-state index contributed by atoms with van der Waals surface area (Å²) in [6.07, 6.45) is 0. The second kappa shape index (κ2) is 4.27. The van der Waals surface area contributed by atoms with Gasteiger partial charge in [-0.2, -0.15) is 0 Å². The normalized spacial score (nSPS) is 10.6. The Morgan fingerprint density at radius 1 is 1.12 bits per heavy atom. The molecule has 0 bridgehead atoms. The second-order valence-corrected chi connectivity index (χ2v) is 5.11. The van der Waals surface area contributed by atoms with Crippen LogP contribution in [0.4, 0.5) is 5.69 Å². The van der Waals surface area contributed by atoms with Gasteiger partial charge in [-0.15, -0.1) is 22.7 Å². The van der Waals surface area contributed by atoms with Crippen LogP contribution in [0.2, 0.25) is 0 Å². The minimum atomic E-state index is 0.757. The third-order valence-corrected chi connectivity index (χ3v) is 3.81. The molecule has 0 spiro atoms. The topological polar surface area (TPSA) is 51.8 Å². The van der Waals surface area contributed by atoms with Crippen LogP contribution in [0.25, 0.3) is 22.0 Å². The molecule has 0 aliphatic rings. The molecule has 0 aliphatic carbocycles. The first-order valence-electron chi connectivity index (χ1n) is 5.03. The van der Waals surface area contributed by atoms with Crippen molar-refractivity contribution < 1.29 is 0 Å². The molecule has 0 atom stereocenters. The van der Waals surface area contributed by atoms with Crippen molar-refractivity contribution in [2.24, 2.45) is 0 Å². The number of rotatable bonds is 2. The summed E-state index contributed by atoms with van der Waals surface area (Å²) in [6, 6.07) is 7.76. The monoisotopic (exact) mass is 259 g/mol. The lowest BCUT2D eigenvalue weighted by Crippen LogP contribution is -1.84. The third-order valence-electron chi connectivity index (χ3n) is 2.33. The molecule has 0 fully saturated rings. The lowest BCUT2D eigenvalue weighted by molar-refractivity contribution is 1.33. The summed E-state index contributed by atoms with van der Waals surface area (Å²) in [7, 11) is 0. The van der Waals surface area contributed by atoms with Crippen LogP contribution in [-0.4, -0.2) is 9.97 Å². The molecule has 17 heavy (non-hydrogen) atoms. The molecule has 0 aliphatic heterocycles. The molecule has 5 heteroatoms. The molecule has 84 valence electrons. The Bertz CT molecular complexity index is 629. The lowest BCUT2D eigenvalue weighted by atomic mass is 10.2. The van der Waals surface area contributed by atoms with Gasteiger partial charge < -0.3 is 5.73 Å². The minimum Gasteiger partial charge on any atom is -0.399 e. The van der Waals surface area contributed by atoms with Crippen molar-refractivity contribution in [3.05, 3.63) is 40.5 Å². The van der Waals surface area contributed by atoms with E-state index in [0.29, 0.717) is 0 Å². The van der Waals surface area contributed by atoms with Gasteiger partial charge in [-0.05, 0) is 12.1 Å². The highest BCUT2D eigenvalue weighted by Crippen LogP contribution is 2.29. The zero-order chi connectivity index (χ0) is 11.7. The number of nitrogens with two attached hydrogens (primary N) is 1. The Balaban J connectivity index is 2.01. The molecule has 0 radical (unpaired) electrons. The van der Waals surface area contributed by atoms with Gasteiger partial charge in [0.05, 0.1) is 5.51 Å². The van der Waals surface area contributed by atoms with Gasteiger partial charge in [0, 0.05) is 22.0 Å². The van der Waals surface area contributed by atoms with Crippen molar-refractivity contribution in [1.82, 2.24) is 9.97 Å². The molecule has 0 amide bonds. The maximum Gasteiger partial charge on any atom is 0.124 e. The number of benzene rings is 1. The van der Waals surface area contributed by atoms with Gasteiger partial charge in [0.1, 0.15) is 16.4 Å². The van der Waals surface area contributed by atoms with Gasteiger partial charge in [-0.1, -0.05) is 12.1 Å². The number of hydrogen-bond donors (Lipinski definition) is 1. The molecule has 3 rings (SSSR count). The summed E-state index contributed by atoms with van der Waals surface area (Å²) in [5, 5.41) is 4.99. The van der Waals surface area contributed by atoms with E-state index in [0.717, 1.165) is 27.6 Å². The molecule has 0 saturated carbocycles. The van der Waals surface area contributed by atoms with Crippen LogP contribution in [0.15, 0.2) is 40.5 Å². The SMILES string of the molecule is Nc1cccc(-c2nc(-c3cscn3)cs2)c1. The number of nitrogen functional groups attached to an aromatic ring is 1. The number of hydrogen-bond acceptors (Lipinski definition) is 5. The van der Waals surface area contributed by atoms with E-state index >= 15 is 0 Å². The van der Waals surface area contributed by atoms with E-state index < -0.39 is 0 Å². The first kappa shape index (κ1) is 10.4. The molecule has 0 saturated heterocycles. The van der Waals surface area contributed by atoms with Crippen LogP contribution < -0.4 is 5.73 Å². The molecular weight excluding hydrogens is 250 g/mol. The summed E-state index contributed by atoms with van der Waals surface area (Å²) >= 11 is 3.18. The fraction of sp³-hybridized carbons (Fsp3) is 0. The maximum absolute atomic E-state index is 5.76. The first-order valence-corrected chi connectivity index (χ1v) is 6.85. The van der Waals surface area contributed by atoms with Crippen LogP contribution >= 0.6 is 22.7 Å². The van der Waals surface area contributed by atoms with E-state index in [1.165, 1.54) is 0 Å². The molecular formula is C12H9N3S2. The van der Waals surface area contributed by atoms with Crippen molar-refractivity contribution in [3.63, 3.8) is 0 Å². The van der Waals surface area contributed by atoms with E-state index in [-0.39, 0.29) is 0 Å². The smallest absolute Gasteiger partial charge is 0.124 e. The molecule has 2 heterocycles. The van der Waals surface area contributed by atoms with Gasteiger partial charge in [0.25, 0.3) is 0 Å². The van der Waals surface area contributed by atoms with E-state index in [1.54, 1.807) is 22.7 Å². The van der Waals surface area contributed by atoms with Crippen molar-refractivity contribution in [1.29, 1.82) is 0 Å². The molecule has 2 aromatic heterocycles. The Morgan fingerprint density at radius 3 is 2.82 bits per heavy atom. The van der Waals surface area contributed by atoms with E-state index in [1.807, 2.05) is 40.5 Å². The predicted molar refractivity (Wildman–Crippen MR) is 73.1 cm³/mol. The molecule has 3 nitrogen and oxygen atoms in total. The Kier molecular flexibility index (Phi) is 2.62. The van der Waals surface area contributed by atoms with Gasteiger partial charge in [-0.3, -0.25) is 0 Å². The maximum atomic E-state index is 5.76. The van der Waals surface area contributed by atoms with Crippen molar-refractivity contribution in [3.8, 4) is 22.0 Å². The summed E-state index contributed by atoms with van der Waals surface area (Å²) in [5.74, 6) is 0. The van der Waals surface area contributed by atoms with Crippen LogP contribution in [-0.2, 0) is 0 Å². The molecule has 1 aromatic carbocycles. The zero-order valence-corrected chi connectivity index (χ0v) is 10.5. The summed E-state index contributed by atoms with van der Waals surface area (Å²) in [5.41, 5.74) is 11.2. The first-order chi connectivity index (χ1) is 8.33. The zero-order valence-electron chi connectivity index (χ0n) is 8.83. The average molecular weight is 259 g/mol. The minimum absolute atomic E-state index is 0.757. The highest BCUT2D eigenvalue weighted by Gasteiger charge is 2.07. The number of nitrogens with zero attached hydrogens (tertiary/aromatic N) is 2.